The van der Waals surface area contributed by atoms with E-state index in [0.717, 1.165) is 38.0 Å². The van der Waals surface area contributed by atoms with Crippen molar-refractivity contribution in [2.24, 2.45) is 10.7 Å². The number of fused-ring (bicyclic) bond motifs is 1. The molecule has 21 heavy (non-hydrogen) atoms. The quantitative estimate of drug-likeness (QED) is 0.459. The summed E-state index contributed by atoms with van der Waals surface area (Å²) in [5.41, 5.74) is 7.94. The van der Waals surface area contributed by atoms with E-state index >= 15 is 0 Å². The summed E-state index contributed by atoms with van der Waals surface area (Å²) in [7, 11) is 0. The number of benzene rings is 1. The van der Waals surface area contributed by atoms with Gasteiger partial charge in [-0.3, -0.25) is 4.79 Å². The average molecular weight is 402 g/mol. The van der Waals surface area contributed by atoms with E-state index < -0.39 is 0 Å². The van der Waals surface area contributed by atoms with Gasteiger partial charge in [-0.2, -0.15) is 0 Å². The Morgan fingerprint density at radius 2 is 2.19 bits per heavy atom. The predicted molar refractivity (Wildman–Crippen MR) is 97.3 cm³/mol. The topological polar surface area (TPSA) is 70.7 Å². The molecule has 0 bridgehead atoms. The number of amides is 1. The van der Waals surface area contributed by atoms with Crippen LogP contribution in [-0.2, 0) is 11.2 Å². The Morgan fingerprint density at radius 3 is 2.95 bits per heavy atom. The van der Waals surface area contributed by atoms with Crippen molar-refractivity contribution in [2.45, 2.75) is 26.2 Å². The number of carbonyl (C=O) groups is 1. The van der Waals surface area contributed by atoms with Gasteiger partial charge in [-0.25, -0.2) is 4.99 Å². The fraction of sp³-hybridized carbons (Fsp3) is 0.467. The number of anilines is 1. The van der Waals surface area contributed by atoms with Crippen LogP contribution in [0, 0.1) is 0 Å². The maximum atomic E-state index is 12.3. The summed E-state index contributed by atoms with van der Waals surface area (Å²) in [6, 6.07) is 8.05. The molecular weight excluding hydrogens is 379 g/mol. The van der Waals surface area contributed by atoms with E-state index in [4.69, 9.17) is 5.73 Å². The maximum Gasteiger partial charge on any atom is 0.248 e. The summed E-state index contributed by atoms with van der Waals surface area (Å²) in [5, 5.41) is 2.97. The van der Waals surface area contributed by atoms with Gasteiger partial charge in [0.05, 0.1) is 0 Å². The van der Waals surface area contributed by atoms with E-state index in [-0.39, 0.29) is 36.4 Å². The van der Waals surface area contributed by atoms with Crippen molar-refractivity contribution in [3.8, 4) is 0 Å². The van der Waals surface area contributed by atoms with Gasteiger partial charge in [0.1, 0.15) is 6.54 Å². The first kappa shape index (κ1) is 17.7. The number of carbonyl (C=O) groups excluding carboxylic acids is 1. The smallest absolute Gasteiger partial charge is 0.248 e. The molecule has 1 aliphatic rings. The van der Waals surface area contributed by atoms with Crippen LogP contribution in [0.1, 0.15) is 25.3 Å². The van der Waals surface area contributed by atoms with Crippen molar-refractivity contribution in [1.29, 1.82) is 0 Å². The molecule has 6 heteroatoms. The molecule has 0 aliphatic carbocycles. The Hall–Kier alpha value is -1.31. The van der Waals surface area contributed by atoms with Gasteiger partial charge in [0.2, 0.25) is 5.91 Å². The van der Waals surface area contributed by atoms with Crippen molar-refractivity contribution in [2.75, 3.05) is 24.5 Å². The minimum atomic E-state index is -0.00148. The number of hydrogen-bond donors (Lipinski definition) is 2. The normalized spacial score (nSPS) is 14.1. The van der Waals surface area contributed by atoms with E-state index in [1.54, 1.807) is 0 Å². The number of hydrogen-bond acceptors (Lipinski definition) is 2. The van der Waals surface area contributed by atoms with E-state index in [1.807, 2.05) is 23.1 Å². The van der Waals surface area contributed by atoms with Crippen LogP contribution in [0.15, 0.2) is 29.3 Å². The van der Waals surface area contributed by atoms with Crippen molar-refractivity contribution in [3.05, 3.63) is 29.8 Å². The molecule has 0 atom stereocenters. The molecule has 0 saturated carbocycles. The summed E-state index contributed by atoms with van der Waals surface area (Å²) in [5.74, 6) is 0.337. The van der Waals surface area contributed by atoms with Crippen LogP contribution < -0.4 is 16.0 Å². The molecule has 0 aromatic heterocycles. The molecule has 0 radical (unpaired) electrons. The lowest BCUT2D eigenvalue weighted by molar-refractivity contribution is -0.117. The lowest BCUT2D eigenvalue weighted by Crippen LogP contribution is -2.38. The Bertz CT molecular complexity index is 504. The van der Waals surface area contributed by atoms with Crippen molar-refractivity contribution >= 4 is 41.5 Å². The van der Waals surface area contributed by atoms with E-state index in [0.29, 0.717) is 5.96 Å². The number of para-hydroxylation sites is 1. The second-order valence-electron chi connectivity index (χ2n) is 4.91. The van der Waals surface area contributed by atoms with Crippen molar-refractivity contribution < 1.29 is 4.79 Å². The molecule has 5 nitrogen and oxygen atoms in total. The number of aliphatic imine (C=N–C) groups is 1. The van der Waals surface area contributed by atoms with Gasteiger partial charge in [0.15, 0.2) is 5.96 Å². The first-order valence-electron chi connectivity index (χ1n) is 7.14. The highest BCUT2D eigenvalue weighted by atomic mass is 127. The first-order valence-corrected chi connectivity index (χ1v) is 7.14. The zero-order valence-electron chi connectivity index (χ0n) is 12.3. The molecule has 1 amide bonds. The summed E-state index contributed by atoms with van der Waals surface area (Å²) in [6.45, 7) is 3.68. The number of guanidine groups is 1. The Morgan fingerprint density at radius 1 is 1.43 bits per heavy atom. The van der Waals surface area contributed by atoms with Gasteiger partial charge in [0, 0.05) is 18.8 Å². The Labute approximate surface area is 143 Å². The molecule has 116 valence electrons. The lowest BCUT2D eigenvalue weighted by atomic mass is 10.0. The molecule has 1 heterocycles. The monoisotopic (exact) mass is 402 g/mol. The van der Waals surface area contributed by atoms with E-state index in [2.05, 4.69) is 23.3 Å². The van der Waals surface area contributed by atoms with Crippen LogP contribution in [0.5, 0.6) is 0 Å². The Balaban J connectivity index is 0.00000220. The molecule has 0 unspecified atom stereocenters. The molecule has 1 aromatic carbocycles. The van der Waals surface area contributed by atoms with Crippen molar-refractivity contribution in [3.63, 3.8) is 0 Å². The average Bonchev–Trinajstić information content (AvgIpc) is 2.50. The second kappa shape index (κ2) is 8.86. The highest BCUT2D eigenvalue weighted by Gasteiger charge is 2.21. The van der Waals surface area contributed by atoms with Gasteiger partial charge >= 0.3 is 0 Å². The highest BCUT2D eigenvalue weighted by Crippen LogP contribution is 2.26. The summed E-state index contributed by atoms with van der Waals surface area (Å²) < 4.78 is 0. The molecule has 3 N–H and O–H groups in total. The van der Waals surface area contributed by atoms with Crippen molar-refractivity contribution in [1.82, 2.24) is 5.32 Å². The standard InChI is InChI=1S/C15H22N4O.HI/c1-2-9-17-15(16)18-11-14(20)19-10-5-7-12-6-3-4-8-13(12)19;/h3-4,6,8H,2,5,7,9-11H2,1H3,(H3,16,17,18);1H. The summed E-state index contributed by atoms with van der Waals surface area (Å²) in [6.07, 6.45) is 3.00. The van der Waals surface area contributed by atoms with Gasteiger partial charge < -0.3 is 16.0 Å². The van der Waals surface area contributed by atoms with Gasteiger partial charge in [-0.1, -0.05) is 25.1 Å². The molecule has 1 aliphatic heterocycles. The van der Waals surface area contributed by atoms with Crippen LogP contribution in [0.4, 0.5) is 5.69 Å². The fourth-order valence-electron chi connectivity index (χ4n) is 2.34. The summed E-state index contributed by atoms with van der Waals surface area (Å²) in [4.78, 5) is 18.2. The summed E-state index contributed by atoms with van der Waals surface area (Å²) >= 11 is 0. The minimum Gasteiger partial charge on any atom is -0.370 e. The second-order valence-corrected chi connectivity index (χ2v) is 4.91. The number of nitrogens with zero attached hydrogens (tertiary/aromatic N) is 2. The molecule has 0 fully saturated rings. The minimum absolute atomic E-state index is 0. The largest absolute Gasteiger partial charge is 0.370 e. The third kappa shape index (κ3) is 4.87. The van der Waals surface area contributed by atoms with E-state index in [1.165, 1.54) is 5.56 Å². The van der Waals surface area contributed by atoms with Crippen LogP contribution in [0.2, 0.25) is 0 Å². The number of rotatable bonds is 4. The molecule has 2 rings (SSSR count). The SMILES string of the molecule is CCCNC(N)=NCC(=O)N1CCCc2ccccc21.I. The van der Waals surface area contributed by atoms with E-state index in [9.17, 15) is 4.79 Å². The molecular formula is C15H23IN4O. The highest BCUT2D eigenvalue weighted by molar-refractivity contribution is 14.0. The molecule has 0 saturated heterocycles. The van der Waals surface area contributed by atoms with Crippen LogP contribution in [0.3, 0.4) is 0 Å². The fourth-order valence-corrected chi connectivity index (χ4v) is 2.34. The van der Waals surface area contributed by atoms with Crippen LogP contribution in [-0.4, -0.2) is 31.5 Å². The maximum absolute atomic E-state index is 12.3. The van der Waals surface area contributed by atoms with Gasteiger partial charge in [0.25, 0.3) is 0 Å². The first-order chi connectivity index (χ1) is 9.72. The third-order valence-electron chi connectivity index (χ3n) is 3.35. The lowest BCUT2D eigenvalue weighted by Gasteiger charge is -2.29. The zero-order chi connectivity index (χ0) is 14.4. The van der Waals surface area contributed by atoms with Crippen LogP contribution in [0.25, 0.3) is 0 Å². The third-order valence-corrected chi connectivity index (χ3v) is 3.35. The number of nitrogens with one attached hydrogen (secondary N) is 1. The number of aryl methyl sites for hydroxylation is 1. The number of halogens is 1. The molecule has 0 spiro atoms. The Kier molecular flexibility index (Phi) is 7.49. The van der Waals surface area contributed by atoms with Gasteiger partial charge in [-0.15, -0.1) is 24.0 Å². The zero-order valence-corrected chi connectivity index (χ0v) is 14.7. The molecule has 1 aromatic rings. The predicted octanol–water partition coefficient (Wildman–Crippen LogP) is 1.90. The number of nitrogens with two attached hydrogens (primary N) is 1. The van der Waals surface area contributed by atoms with Gasteiger partial charge in [-0.05, 0) is 30.9 Å². The van der Waals surface area contributed by atoms with Crippen LogP contribution >= 0.6 is 24.0 Å².